The number of rotatable bonds is 2. The molecule has 0 atom stereocenters. The lowest BCUT2D eigenvalue weighted by atomic mass is 9.79. The van der Waals surface area contributed by atoms with Crippen molar-refractivity contribution in [1.82, 2.24) is 0 Å². The number of hydrogen-bond acceptors (Lipinski definition) is 0. The van der Waals surface area contributed by atoms with Gasteiger partial charge in [0, 0.05) is 0 Å². The number of aryl methyl sites for hydroxylation is 1. The highest BCUT2D eigenvalue weighted by Gasteiger charge is 2.22. The molecule has 6 rings (SSSR count). The van der Waals surface area contributed by atoms with E-state index >= 15 is 0 Å². The Bertz CT molecular complexity index is 1620. The fourth-order valence-electron chi connectivity index (χ4n) is 5.69. The van der Waals surface area contributed by atoms with Gasteiger partial charge < -0.3 is 0 Å². The summed E-state index contributed by atoms with van der Waals surface area (Å²) in [5.74, 6) is 0. The molecule has 5 aromatic rings. The zero-order chi connectivity index (χ0) is 24.2. The Hall–Kier alpha value is -3.64. The molecule has 0 nitrogen and oxygen atoms in total. The lowest BCUT2D eigenvalue weighted by Crippen LogP contribution is -2.11. The average molecular weight is 453 g/mol. The molecule has 0 unspecified atom stereocenters. The van der Waals surface area contributed by atoms with Crippen LogP contribution in [0.15, 0.2) is 91.0 Å². The standard InChI is InChI=1S/C35H32/c1-23-16-17-25-21-27(19-18-24(25)20-23)34-31-14-7-5-12-29(31)33(30-13-6-8-15-32(30)34)26-10-9-11-28(22-26)35(2,3)4/h5,7-12,14-22H,6,13H2,1-4H3. The summed E-state index contributed by atoms with van der Waals surface area (Å²) < 4.78 is 0. The number of benzene rings is 5. The van der Waals surface area contributed by atoms with Crippen LogP contribution in [0.3, 0.4) is 0 Å². The summed E-state index contributed by atoms with van der Waals surface area (Å²) in [5, 5.41) is 5.29. The first-order chi connectivity index (χ1) is 16.9. The third-order valence-electron chi connectivity index (χ3n) is 7.51. The fourth-order valence-corrected chi connectivity index (χ4v) is 5.69. The van der Waals surface area contributed by atoms with Gasteiger partial charge in [0.2, 0.25) is 0 Å². The molecule has 0 spiro atoms. The highest BCUT2D eigenvalue weighted by Crippen LogP contribution is 2.45. The highest BCUT2D eigenvalue weighted by molar-refractivity contribution is 6.10. The number of hydrogen-bond donors (Lipinski definition) is 0. The van der Waals surface area contributed by atoms with Gasteiger partial charge >= 0.3 is 0 Å². The van der Waals surface area contributed by atoms with Crippen molar-refractivity contribution in [2.24, 2.45) is 0 Å². The predicted molar refractivity (Wildman–Crippen MR) is 153 cm³/mol. The molecule has 0 aliphatic heterocycles. The van der Waals surface area contributed by atoms with E-state index in [-0.39, 0.29) is 5.41 Å². The van der Waals surface area contributed by atoms with E-state index in [9.17, 15) is 0 Å². The molecule has 0 saturated heterocycles. The second kappa shape index (κ2) is 8.24. The van der Waals surface area contributed by atoms with Gasteiger partial charge in [0.25, 0.3) is 0 Å². The summed E-state index contributed by atoms with van der Waals surface area (Å²) in [6.45, 7) is 9.06. The van der Waals surface area contributed by atoms with Gasteiger partial charge in [0.1, 0.15) is 0 Å². The van der Waals surface area contributed by atoms with Gasteiger partial charge in [-0.3, -0.25) is 0 Å². The maximum atomic E-state index is 2.42. The minimum absolute atomic E-state index is 0.120. The first-order valence-corrected chi connectivity index (χ1v) is 12.8. The van der Waals surface area contributed by atoms with Crippen molar-refractivity contribution in [1.29, 1.82) is 0 Å². The third-order valence-corrected chi connectivity index (χ3v) is 7.51. The van der Waals surface area contributed by atoms with E-state index in [0.717, 1.165) is 12.8 Å². The summed E-state index contributed by atoms with van der Waals surface area (Å²) in [7, 11) is 0. The Morgan fingerprint density at radius 1 is 0.657 bits per heavy atom. The second-order valence-corrected chi connectivity index (χ2v) is 11.0. The summed E-state index contributed by atoms with van der Waals surface area (Å²) in [6, 6.07) is 31.9. The molecular weight excluding hydrogens is 420 g/mol. The number of fused-ring (bicyclic) bond motifs is 3. The number of allylic oxidation sites excluding steroid dienone is 1. The summed E-state index contributed by atoms with van der Waals surface area (Å²) >= 11 is 0. The predicted octanol–water partition coefficient (Wildman–Crippen LogP) is 9.89. The average Bonchev–Trinajstić information content (AvgIpc) is 2.86. The molecule has 0 saturated carbocycles. The van der Waals surface area contributed by atoms with Crippen LogP contribution in [-0.4, -0.2) is 0 Å². The Balaban J connectivity index is 1.68. The van der Waals surface area contributed by atoms with Gasteiger partial charge in [-0.25, -0.2) is 0 Å². The van der Waals surface area contributed by atoms with Crippen molar-refractivity contribution in [2.45, 2.75) is 46.0 Å². The third kappa shape index (κ3) is 3.78. The van der Waals surface area contributed by atoms with E-state index in [4.69, 9.17) is 0 Å². The van der Waals surface area contributed by atoms with Crippen LogP contribution in [0, 0.1) is 6.92 Å². The van der Waals surface area contributed by atoms with Crippen LogP contribution in [-0.2, 0) is 11.8 Å². The fraction of sp³-hybridized carbons (Fsp3) is 0.200. The largest absolute Gasteiger partial charge is 0.0836 e. The first-order valence-electron chi connectivity index (χ1n) is 12.8. The summed E-state index contributed by atoms with van der Waals surface area (Å²) in [5.41, 5.74) is 11.1. The zero-order valence-corrected chi connectivity index (χ0v) is 21.2. The first kappa shape index (κ1) is 21.9. The van der Waals surface area contributed by atoms with Crippen LogP contribution in [0.25, 0.3) is 49.9 Å². The molecule has 0 heteroatoms. The Labute approximate surface area is 208 Å². The lowest BCUT2D eigenvalue weighted by molar-refractivity contribution is 0.590. The maximum Gasteiger partial charge on any atom is -0.00295 e. The van der Waals surface area contributed by atoms with Crippen molar-refractivity contribution in [3.05, 3.63) is 113 Å². The van der Waals surface area contributed by atoms with Crippen LogP contribution in [0.5, 0.6) is 0 Å². The summed E-state index contributed by atoms with van der Waals surface area (Å²) in [6.07, 6.45) is 6.89. The van der Waals surface area contributed by atoms with Crippen molar-refractivity contribution in [2.75, 3.05) is 0 Å². The zero-order valence-electron chi connectivity index (χ0n) is 21.2. The molecular formula is C35H32. The quantitative estimate of drug-likeness (QED) is 0.250. The molecule has 1 aliphatic carbocycles. The van der Waals surface area contributed by atoms with Gasteiger partial charge in [-0.2, -0.15) is 0 Å². The normalized spacial score (nSPS) is 13.4. The van der Waals surface area contributed by atoms with E-state index in [0.29, 0.717) is 0 Å². The van der Waals surface area contributed by atoms with Crippen LogP contribution < -0.4 is 0 Å². The van der Waals surface area contributed by atoms with Crippen LogP contribution in [0.4, 0.5) is 0 Å². The van der Waals surface area contributed by atoms with Crippen LogP contribution >= 0.6 is 0 Å². The lowest BCUT2D eigenvalue weighted by Gasteiger charge is -2.25. The van der Waals surface area contributed by atoms with E-state index in [1.165, 1.54) is 66.1 Å². The van der Waals surface area contributed by atoms with Crippen molar-refractivity contribution >= 4 is 27.6 Å². The molecule has 1 aliphatic rings. The van der Waals surface area contributed by atoms with Gasteiger partial charge in [0.05, 0.1) is 0 Å². The second-order valence-electron chi connectivity index (χ2n) is 11.0. The van der Waals surface area contributed by atoms with Crippen LogP contribution in [0.1, 0.15) is 49.4 Å². The molecule has 0 aromatic heterocycles. The monoisotopic (exact) mass is 452 g/mol. The van der Waals surface area contributed by atoms with E-state index in [1.807, 2.05) is 0 Å². The molecule has 172 valence electrons. The van der Waals surface area contributed by atoms with Gasteiger partial charge in [0.15, 0.2) is 0 Å². The Morgan fingerprint density at radius 3 is 2.17 bits per heavy atom. The smallest absolute Gasteiger partial charge is 0.00295 e. The molecule has 0 heterocycles. The Kier molecular flexibility index (Phi) is 5.15. The molecule has 5 aromatic carbocycles. The van der Waals surface area contributed by atoms with Crippen LogP contribution in [0.2, 0.25) is 0 Å². The van der Waals surface area contributed by atoms with Crippen molar-refractivity contribution < 1.29 is 0 Å². The summed E-state index contributed by atoms with van der Waals surface area (Å²) in [4.78, 5) is 0. The minimum atomic E-state index is 0.120. The van der Waals surface area contributed by atoms with E-state index < -0.39 is 0 Å². The van der Waals surface area contributed by atoms with Gasteiger partial charge in [-0.1, -0.05) is 117 Å². The minimum Gasteiger partial charge on any atom is -0.0836 e. The molecule has 0 amide bonds. The maximum absolute atomic E-state index is 2.42. The van der Waals surface area contributed by atoms with Gasteiger partial charge in [-0.15, -0.1) is 0 Å². The topological polar surface area (TPSA) is 0 Å². The molecule has 0 N–H and O–H groups in total. The molecule has 0 radical (unpaired) electrons. The van der Waals surface area contributed by atoms with Crippen molar-refractivity contribution in [3.8, 4) is 22.3 Å². The highest BCUT2D eigenvalue weighted by atomic mass is 14.3. The molecule has 0 bridgehead atoms. The molecule has 35 heavy (non-hydrogen) atoms. The van der Waals surface area contributed by atoms with Crippen molar-refractivity contribution in [3.63, 3.8) is 0 Å². The van der Waals surface area contributed by atoms with E-state index in [1.54, 1.807) is 0 Å². The Morgan fingerprint density at radius 2 is 1.37 bits per heavy atom. The van der Waals surface area contributed by atoms with Gasteiger partial charge in [-0.05, 0) is 91.7 Å². The SMILES string of the molecule is Cc1ccc2cc(-c3c4c(c(-c5cccc(C(C)(C)C)c5)c5ccccc35)CCC=C4)ccc2c1. The van der Waals surface area contributed by atoms with E-state index in [2.05, 4.69) is 125 Å². The molecule has 0 fully saturated rings.